The van der Waals surface area contributed by atoms with Gasteiger partial charge in [-0.15, -0.1) is 11.3 Å². The fourth-order valence-electron chi connectivity index (χ4n) is 4.14. The van der Waals surface area contributed by atoms with Gasteiger partial charge in [0.1, 0.15) is 15.5 Å². The smallest absolute Gasteiger partial charge is 0.265 e. The molecule has 168 valence electrons. The minimum absolute atomic E-state index is 0.171. The van der Waals surface area contributed by atoms with Crippen LogP contribution in [-0.2, 0) is 16.6 Å². The molecule has 2 aliphatic rings. The number of methoxy groups -OCH3 is 1. The summed E-state index contributed by atoms with van der Waals surface area (Å²) in [5.74, 6) is 0.667. The SMILES string of the molecule is COc1ccc(CN2CCN(C(=O)c3sccc3S(=O)(=O)N3CCCCC3)CC2)cc1. The summed E-state index contributed by atoms with van der Waals surface area (Å²) >= 11 is 1.23. The second-order valence-corrected chi connectivity index (χ2v) is 10.8. The first kappa shape index (κ1) is 22.3. The van der Waals surface area contributed by atoms with Crippen molar-refractivity contribution in [1.29, 1.82) is 0 Å². The van der Waals surface area contributed by atoms with Crippen LogP contribution in [0.3, 0.4) is 0 Å². The number of carbonyl (C=O) groups is 1. The number of carbonyl (C=O) groups excluding carboxylic acids is 1. The molecule has 0 atom stereocenters. The third-order valence-corrected chi connectivity index (χ3v) is 8.95. The summed E-state index contributed by atoms with van der Waals surface area (Å²) < 4.78 is 32.9. The summed E-state index contributed by atoms with van der Waals surface area (Å²) in [5, 5.41) is 1.71. The topological polar surface area (TPSA) is 70.2 Å². The first-order chi connectivity index (χ1) is 15.0. The molecule has 4 rings (SSSR count). The van der Waals surface area contributed by atoms with Crippen LogP contribution in [0.2, 0.25) is 0 Å². The number of sulfonamides is 1. The van der Waals surface area contributed by atoms with E-state index in [1.807, 2.05) is 12.1 Å². The fourth-order valence-corrected chi connectivity index (χ4v) is 7.02. The number of piperazine rings is 1. The van der Waals surface area contributed by atoms with Gasteiger partial charge in [0.05, 0.1) is 7.11 Å². The van der Waals surface area contributed by atoms with E-state index in [1.165, 1.54) is 21.2 Å². The van der Waals surface area contributed by atoms with Crippen molar-refractivity contribution in [2.24, 2.45) is 0 Å². The number of rotatable bonds is 6. The van der Waals surface area contributed by atoms with E-state index < -0.39 is 10.0 Å². The highest BCUT2D eigenvalue weighted by molar-refractivity contribution is 7.89. The van der Waals surface area contributed by atoms with E-state index in [0.29, 0.717) is 31.1 Å². The predicted molar refractivity (Wildman–Crippen MR) is 121 cm³/mol. The van der Waals surface area contributed by atoms with Crippen molar-refractivity contribution < 1.29 is 17.9 Å². The van der Waals surface area contributed by atoms with Crippen LogP contribution in [0.25, 0.3) is 0 Å². The second kappa shape index (κ2) is 9.68. The fraction of sp³-hybridized carbons (Fsp3) is 0.500. The van der Waals surface area contributed by atoms with Crippen molar-refractivity contribution in [3.8, 4) is 5.75 Å². The average molecular weight is 464 g/mol. The molecule has 0 saturated carbocycles. The number of piperidine rings is 1. The van der Waals surface area contributed by atoms with Gasteiger partial charge in [-0.2, -0.15) is 4.31 Å². The van der Waals surface area contributed by atoms with Gasteiger partial charge in [-0.1, -0.05) is 18.6 Å². The minimum atomic E-state index is -3.61. The van der Waals surface area contributed by atoms with Gasteiger partial charge in [-0.3, -0.25) is 9.69 Å². The van der Waals surface area contributed by atoms with Gasteiger partial charge in [0.25, 0.3) is 5.91 Å². The lowest BCUT2D eigenvalue weighted by Gasteiger charge is -2.35. The molecule has 0 radical (unpaired) electrons. The molecule has 7 nitrogen and oxygen atoms in total. The van der Waals surface area contributed by atoms with E-state index in [-0.39, 0.29) is 10.8 Å². The van der Waals surface area contributed by atoms with Crippen LogP contribution in [0.1, 0.15) is 34.5 Å². The Kier molecular flexibility index (Phi) is 6.95. The van der Waals surface area contributed by atoms with Crippen LogP contribution in [0.5, 0.6) is 5.75 Å². The average Bonchev–Trinajstić information content (AvgIpc) is 3.31. The molecule has 3 heterocycles. The molecule has 2 aliphatic heterocycles. The van der Waals surface area contributed by atoms with Gasteiger partial charge in [0.15, 0.2) is 0 Å². The van der Waals surface area contributed by atoms with Gasteiger partial charge < -0.3 is 9.64 Å². The standard InChI is InChI=1S/C22H29N3O4S2/c1-29-19-7-5-18(6-8-19)17-23-12-14-24(15-13-23)22(26)21-20(9-16-30-21)31(27,28)25-10-3-2-4-11-25/h5-9,16H,2-4,10-15,17H2,1H3. The van der Waals surface area contributed by atoms with Crippen molar-refractivity contribution in [3.05, 3.63) is 46.2 Å². The van der Waals surface area contributed by atoms with Gasteiger partial charge in [-0.25, -0.2) is 8.42 Å². The minimum Gasteiger partial charge on any atom is -0.497 e. The van der Waals surface area contributed by atoms with E-state index in [0.717, 1.165) is 44.6 Å². The lowest BCUT2D eigenvalue weighted by atomic mass is 10.2. The summed E-state index contributed by atoms with van der Waals surface area (Å²) in [4.78, 5) is 17.8. The zero-order valence-electron chi connectivity index (χ0n) is 17.8. The Morgan fingerprint density at radius 2 is 1.65 bits per heavy atom. The molecule has 2 aromatic rings. The largest absolute Gasteiger partial charge is 0.497 e. The Hall–Kier alpha value is -1.94. The molecule has 0 unspecified atom stereocenters. The quantitative estimate of drug-likeness (QED) is 0.659. The first-order valence-electron chi connectivity index (χ1n) is 10.7. The lowest BCUT2D eigenvalue weighted by Crippen LogP contribution is -2.48. The summed E-state index contributed by atoms with van der Waals surface area (Å²) in [6, 6.07) is 9.60. The van der Waals surface area contributed by atoms with Crippen molar-refractivity contribution in [2.75, 3.05) is 46.4 Å². The van der Waals surface area contributed by atoms with Crippen LogP contribution in [0, 0.1) is 0 Å². The molecule has 31 heavy (non-hydrogen) atoms. The summed E-state index contributed by atoms with van der Waals surface area (Å²) in [6.45, 7) is 4.60. The van der Waals surface area contributed by atoms with Crippen LogP contribution in [-0.4, -0.2) is 74.8 Å². The third-order valence-electron chi connectivity index (χ3n) is 5.98. The van der Waals surface area contributed by atoms with E-state index in [1.54, 1.807) is 23.5 Å². The molecule has 2 fully saturated rings. The van der Waals surface area contributed by atoms with Crippen molar-refractivity contribution >= 4 is 27.3 Å². The molecule has 2 saturated heterocycles. The van der Waals surface area contributed by atoms with Gasteiger partial charge in [0.2, 0.25) is 10.0 Å². The Balaban J connectivity index is 1.38. The van der Waals surface area contributed by atoms with Gasteiger partial charge >= 0.3 is 0 Å². The van der Waals surface area contributed by atoms with Gasteiger partial charge in [-0.05, 0) is 42.0 Å². The Bertz CT molecular complexity index is 990. The molecule has 0 spiro atoms. The summed E-state index contributed by atoms with van der Waals surface area (Å²) in [6.07, 6.45) is 2.81. The highest BCUT2D eigenvalue weighted by atomic mass is 32.2. The molecular weight excluding hydrogens is 434 g/mol. The highest BCUT2D eigenvalue weighted by Crippen LogP contribution is 2.29. The predicted octanol–water partition coefficient (Wildman–Crippen LogP) is 2.89. The number of benzene rings is 1. The number of thiophene rings is 1. The summed E-state index contributed by atoms with van der Waals surface area (Å²) in [5.41, 5.74) is 1.20. The maximum Gasteiger partial charge on any atom is 0.265 e. The third kappa shape index (κ3) is 4.95. The number of hydrogen-bond acceptors (Lipinski definition) is 6. The van der Waals surface area contributed by atoms with E-state index in [4.69, 9.17) is 4.74 Å². The zero-order valence-corrected chi connectivity index (χ0v) is 19.5. The molecule has 0 bridgehead atoms. The number of nitrogens with zero attached hydrogens (tertiary/aromatic N) is 3. The Morgan fingerprint density at radius 1 is 0.968 bits per heavy atom. The lowest BCUT2D eigenvalue weighted by molar-refractivity contribution is 0.0629. The number of hydrogen-bond donors (Lipinski definition) is 0. The van der Waals surface area contributed by atoms with E-state index >= 15 is 0 Å². The van der Waals surface area contributed by atoms with E-state index in [2.05, 4.69) is 17.0 Å². The maximum atomic E-state index is 13.2. The highest BCUT2D eigenvalue weighted by Gasteiger charge is 2.33. The van der Waals surface area contributed by atoms with Crippen molar-refractivity contribution in [3.63, 3.8) is 0 Å². The molecular formula is C22H29N3O4S2. The number of amides is 1. The molecule has 0 N–H and O–H groups in total. The van der Waals surface area contributed by atoms with Crippen LogP contribution < -0.4 is 4.74 Å². The van der Waals surface area contributed by atoms with Crippen LogP contribution >= 0.6 is 11.3 Å². The molecule has 1 aromatic heterocycles. The van der Waals surface area contributed by atoms with Crippen molar-refractivity contribution in [2.45, 2.75) is 30.7 Å². The monoisotopic (exact) mass is 463 g/mol. The first-order valence-corrected chi connectivity index (χ1v) is 13.0. The zero-order chi connectivity index (χ0) is 21.8. The normalized spacial score (nSPS) is 18.8. The molecule has 9 heteroatoms. The molecule has 1 amide bonds. The summed E-state index contributed by atoms with van der Waals surface area (Å²) in [7, 11) is -1.96. The van der Waals surface area contributed by atoms with Crippen LogP contribution in [0.4, 0.5) is 0 Å². The Morgan fingerprint density at radius 3 is 2.29 bits per heavy atom. The number of ether oxygens (including phenoxy) is 1. The second-order valence-electron chi connectivity index (χ2n) is 8.00. The van der Waals surface area contributed by atoms with Gasteiger partial charge in [0, 0.05) is 45.8 Å². The molecule has 0 aliphatic carbocycles. The maximum absolute atomic E-state index is 13.2. The Labute approximate surface area is 188 Å². The molecule has 1 aromatic carbocycles. The van der Waals surface area contributed by atoms with E-state index in [9.17, 15) is 13.2 Å². The van der Waals surface area contributed by atoms with Crippen molar-refractivity contribution in [1.82, 2.24) is 14.1 Å². The van der Waals surface area contributed by atoms with Crippen LogP contribution in [0.15, 0.2) is 40.6 Å².